The number of hydrogen-bond donors (Lipinski definition) is 1. The van der Waals surface area contributed by atoms with Crippen LogP contribution in [0.5, 0.6) is 0 Å². The van der Waals surface area contributed by atoms with Gasteiger partial charge in [0.1, 0.15) is 6.54 Å². The van der Waals surface area contributed by atoms with Crippen LogP contribution in [-0.2, 0) is 21.2 Å². The van der Waals surface area contributed by atoms with Crippen LogP contribution in [0.2, 0.25) is 10.0 Å². The van der Waals surface area contributed by atoms with Crippen molar-refractivity contribution in [1.82, 2.24) is 0 Å². The molecule has 162 valence electrons. The molecule has 5 nitrogen and oxygen atoms in total. The molecule has 3 aromatic rings. The Hall–Kier alpha value is -2.54. The minimum Gasteiger partial charge on any atom is -0.324 e. The van der Waals surface area contributed by atoms with Gasteiger partial charge < -0.3 is 5.32 Å². The van der Waals surface area contributed by atoms with E-state index in [0.717, 1.165) is 21.9 Å². The maximum atomic E-state index is 13.4. The van der Waals surface area contributed by atoms with E-state index in [1.165, 1.54) is 18.2 Å². The fourth-order valence-electron chi connectivity index (χ4n) is 2.96. The third-order valence-corrected chi connectivity index (χ3v) is 7.26. The number of carbonyl (C=O) groups excluding carboxylic acids is 1. The van der Waals surface area contributed by atoms with Crippen LogP contribution in [0, 0.1) is 6.92 Å². The van der Waals surface area contributed by atoms with E-state index in [2.05, 4.69) is 5.32 Å². The third kappa shape index (κ3) is 5.58. The van der Waals surface area contributed by atoms with E-state index in [0.29, 0.717) is 21.4 Å². The first-order valence-corrected chi connectivity index (χ1v) is 11.8. The van der Waals surface area contributed by atoms with E-state index in [-0.39, 0.29) is 4.90 Å². The lowest BCUT2D eigenvalue weighted by atomic mass is 10.1. The highest BCUT2D eigenvalue weighted by molar-refractivity contribution is 7.92. The van der Waals surface area contributed by atoms with Gasteiger partial charge in [0.05, 0.1) is 20.6 Å². The molecule has 0 aliphatic carbocycles. The first-order valence-electron chi connectivity index (χ1n) is 9.64. The van der Waals surface area contributed by atoms with Crippen LogP contribution in [0.25, 0.3) is 0 Å². The van der Waals surface area contributed by atoms with E-state index in [4.69, 9.17) is 23.2 Å². The summed E-state index contributed by atoms with van der Waals surface area (Å²) in [5.74, 6) is -0.506. The van der Waals surface area contributed by atoms with E-state index >= 15 is 0 Å². The molecule has 0 bridgehead atoms. The van der Waals surface area contributed by atoms with Crippen molar-refractivity contribution in [2.24, 2.45) is 0 Å². The van der Waals surface area contributed by atoms with Crippen molar-refractivity contribution < 1.29 is 13.2 Å². The molecular weight excluding hydrogens is 455 g/mol. The van der Waals surface area contributed by atoms with Gasteiger partial charge in [-0.25, -0.2) is 8.42 Å². The van der Waals surface area contributed by atoms with Crippen molar-refractivity contribution in [1.29, 1.82) is 0 Å². The summed E-state index contributed by atoms with van der Waals surface area (Å²) in [6, 6.07) is 18.3. The fraction of sp³-hybridized carbons (Fsp3) is 0.174. The predicted octanol–water partition coefficient (Wildman–Crippen LogP) is 5.70. The van der Waals surface area contributed by atoms with Gasteiger partial charge in [-0.15, -0.1) is 0 Å². The van der Waals surface area contributed by atoms with Crippen molar-refractivity contribution in [2.45, 2.75) is 25.2 Å². The van der Waals surface area contributed by atoms with E-state index in [1.54, 1.807) is 36.4 Å². The number of amides is 1. The lowest BCUT2D eigenvalue weighted by Crippen LogP contribution is -2.38. The van der Waals surface area contributed by atoms with Crippen molar-refractivity contribution in [3.05, 3.63) is 87.9 Å². The van der Waals surface area contributed by atoms with Gasteiger partial charge in [0.15, 0.2) is 0 Å². The summed E-state index contributed by atoms with van der Waals surface area (Å²) in [4.78, 5) is 12.9. The van der Waals surface area contributed by atoms with E-state index in [1.807, 2.05) is 26.0 Å². The molecule has 1 N–H and O–H groups in total. The van der Waals surface area contributed by atoms with Gasteiger partial charge in [-0.05, 0) is 61.4 Å². The molecule has 0 aliphatic rings. The third-order valence-electron chi connectivity index (χ3n) is 4.73. The fourth-order valence-corrected chi connectivity index (χ4v) is 4.67. The monoisotopic (exact) mass is 476 g/mol. The lowest BCUT2D eigenvalue weighted by molar-refractivity contribution is -0.114. The van der Waals surface area contributed by atoms with Gasteiger partial charge >= 0.3 is 0 Å². The molecule has 0 aliphatic heterocycles. The Morgan fingerprint density at radius 2 is 1.58 bits per heavy atom. The zero-order chi connectivity index (χ0) is 22.6. The number of aryl methyl sites for hydroxylation is 2. The molecule has 0 unspecified atom stereocenters. The molecule has 1 amide bonds. The molecule has 0 radical (unpaired) electrons. The number of anilines is 2. The molecule has 0 saturated carbocycles. The average molecular weight is 477 g/mol. The highest BCUT2D eigenvalue weighted by Gasteiger charge is 2.27. The maximum Gasteiger partial charge on any atom is 0.264 e. The number of hydrogen-bond acceptors (Lipinski definition) is 3. The standard InChI is InChI=1S/C23H22Cl2N2O3S/c1-3-17-6-9-19(10-7-17)27(31(29,30)20-11-4-16(2)5-12-20)15-23(28)26-18-8-13-21(24)22(25)14-18/h4-14H,3,15H2,1-2H3,(H,26,28). The Labute approximate surface area is 192 Å². The smallest absolute Gasteiger partial charge is 0.264 e. The van der Waals surface area contributed by atoms with Crippen LogP contribution in [0.3, 0.4) is 0 Å². The van der Waals surface area contributed by atoms with Gasteiger partial charge in [-0.2, -0.15) is 0 Å². The molecule has 31 heavy (non-hydrogen) atoms. The Morgan fingerprint density at radius 1 is 0.935 bits per heavy atom. The molecule has 0 atom stereocenters. The molecule has 0 aromatic heterocycles. The molecule has 3 rings (SSSR count). The number of halogens is 2. The lowest BCUT2D eigenvalue weighted by Gasteiger charge is -2.24. The summed E-state index contributed by atoms with van der Waals surface area (Å²) in [5, 5.41) is 3.33. The summed E-state index contributed by atoms with van der Waals surface area (Å²) < 4.78 is 27.9. The molecule has 0 saturated heterocycles. The second-order valence-electron chi connectivity index (χ2n) is 7.02. The van der Waals surface area contributed by atoms with Gasteiger partial charge in [0.2, 0.25) is 5.91 Å². The maximum absolute atomic E-state index is 13.4. The molecule has 0 fully saturated rings. The highest BCUT2D eigenvalue weighted by Crippen LogP contribution is 2.27. The Balaban J connectivity index is 1.93. The largest absolute Gasteiger partial charge is 0.324 e. The average Bonchev–Trinajstić information content (AvgIpc) is 2.75. The minimum absolute atomic E-state index is 0.111. The van der Waals surface area contributed by atoms with Crippen LogP contribution >= 0.6 is 23.2 Å². The normalized spacial score (nSPS) is 11.2. The van der Waals surface area contributed by atoms with Crippen molar-refractivity contribution in [3.63, 3.8) is 0 Å². The first kappa shape index (κ1) is 23.1. The molecular formula is C23H22Cl2N2O3S. The Kier molecular flexibility index (Phi) is 7.26. The van der Waals surface area contributed by atoms with E-state index < -0.39 is 22.5 Å². The van der Waals surface area contributed by atoms with Gasteiger partial charge in [-0.1, -0.05) is 60.0 Å². The minimum atomic E-state index is -3.97. The topological polar surface area (TPSA) is 66.5 Å². The highest BCUT2D eigenvalue weighted by atomic mass is 35.5. The van der Waals surface area contributed by atoms with Crippen LogP contribution in [0.15, 0.2) is 71.6 Å². The summed E-state index contributed by atoms with van der Waals surface area (Å²) in [7, 11) is -3.97. The second kappa shape index (κ2) is 9.73. The van der Waals surface area contributed by atoms with Crippen LogP contribution in [0.1, 0.15) is 18.1 Å². The molecule has 0 spiro atoms. The van der Waals surface area contributed by atoms with Crippen molar-refractivity contribution >= 4 is 50.5 Å². The number of nitrogens with one attached hydrogen (secondary N) is 1. The van der Waals surface area contributed by atoms with Gasteiger partial charge in [0, 0.05) is 5.69 Å². The molecule has 8 heteroatoms. The second-order valence-corrected chi connectivity index (χ2v) is 9.70. The zero-order valence-electron chi connectivity index (χ0n) is 17.1. The van der Waals surface area contributed by atoms with Crippen molar-refractivity contribution in [3.8, 4) is 0 Å². The van der Waals surface area contributed by atoms with Gasteiger partial charge in [0.25, 0.3) is 10.0 Å². The quantitative estimate of drug-likeness (QED) is 0.475. The van der Waals surface area contributed by atoms with Gasteiger partial charge in [-0.3, -0.25) is 9.10 Å². The molecule has 0 heterocycles. The summed E-state index contributed by atoms with van der Waals surface area (Å²) in [6.45, 7) is 3.49. The number of carbonyl (C=O) groups is 1. The summed E-state index contributed by atoms with van der Waals surface area (Å²) in [6.07, 6.45) is 0.822. The SMILES string of the molecule is CCc1ccc(N(CC(=O)Nc2ccc(Cl)c(Cl)c2)S(=O)(=O)c2ccc(C)cc2)cc1. The Morgan fingerprint density at radius 3 is 2.16 bits per heavy atom. The van der Waals surface area contributed by atoms with Crippen LogP contribution in [-0.4, -0.2) is 20.9 Å². The van der Waals surface area contributed by atoms with Crippen molar-refractivity contribution in [2.75, 3.05) is 16.2 Å². The number of sulfonamides is 1. The predicted molar refractivity (Wildman–Crippen MR) is 127 cm³/mol. The number of benzene rings is 3. The van der Waals surface area contributed by atoms with Crippen LogP contribution < -0.4 is 9.62 Å². The summed E-state index contributed by atoms with van der Waals surface area (Å²) >= 11 is 11.9. The number of nitrogens with zero attached hydrogens (tertiary/aromatic N) is 1. The Bertz CT molecular complexity index is 1180. The first-order chi connectivity index (χ1) is 14.7. The van der Waals surface area contributed by atoms with Crippen LogP contribution in [0.4, 0.5) is 11.4 Å². The zero-order valence-corrected chi connectivity index (χ0v) is 19.4. The summed E-state index contributed by atoms with van der Waals surface area (Å²) in [5.41, 5.74) is 2.84. The number of rotatable bonds is 7. The molecule has 3 aromatic carbocycles. The van der Waals surface area contributed by atoms with E-state index in [9.17, 15) is 13.2 Å².